The molecule has 0 aliphatic heterocycles. The van der Waals surface area contributed by atoms with Crippen LogP contribution in [0.25, 0.3) is 0 Å². The number of carbonyl (C=O) groups excluding carboxylic acids is 2. The molecule has 0 heterocycles. The van der Waals surface area contributed by atoms with Gasteiger partial charge in [0.15, 0.2) is 0 Å². The summed E-state index contributed by atoms with van der Waals surface area (Å²) in [6, 6.07) is -0.578. The summed E-state index contributed by atoms with van der Waals surface area (Å²) in [5.41, 5.74) is 6.29. The van der Waals surface area contributed by atoms with Gasteiger partial charge in [-0.05, 0) is 130 Å². The van der Waals surface area contributed by atoms with Crippen molar-refractivity contribution in [3.8, 4) is 0 Å². The summed E-state index contributed by atoms with van der Waals surface area (Å²) in [6.07, 6.45) is 14.7. The van der Waals surface area contributed by atoms with Gasteiger partial charge in [0.1, 0.15) is 6.04 Å². The van der Waals surface area contributed by atoms with Crippen molar-refractivity contribution >= 4 is 11.9 Å². The molecule has 6 heteroatoms. The van der Waals surface area contributed by atoms with Gasteiger partial charge >= 0.3 is 5.97 Å². The lowest BCUT2D eigenvalue weighted by Gasteiger charge is -2.62. The Labute approximate surface area is 231 Å². The zero-order valence-corrected chi connectivity index (χ0v) is 24.7. The Hall–Kier alpha value is -1.14. The predicted molar refractivity (Wildman–Crippen MR) is 151 cm³/mol. The molecular weight excluding hydrogens is 476 g/mol. The Morgan fingerprint density at radius 3 is 2.53 bits per heavy atom. The smallest absolute Gasteiger partial charge is 0.328 e. The molecule has 0 aromatic rings. The largest absolute Gasteiger partial charge is 0.464 e. The molecule has 218 valence electrons. The van der Waals surface area contributed by atoms with Crippen molar-refractivity contribution in [3.05, 3.63) is 0 Å². The molecule has 0 spiro atoms. The minimum atomic E-state index is -0.578. The van der Waals surface area contributed by atoms with Gasteiger partial charge in [-0.2, -0.15) is 0 Å². The Balaban J connectivity index is 1.36. The average Bonchev–Trinajstić information content (AvgIpc) is 3.24. The van der Waals surface area contributed by atoms with Gasteiger partial charge in [-0.15, -0.1) is 0 Å². The van der Waals surface area contributed by atoms with Crippen molar-refractivity contribution < 1.29 is 19.4 Å². The van der Waals surface area contributed by atoms with Gasteiger partial charge in [0, 0.05) is 6.42 Å². The minimum absolute atomic E-state index is 0.0509. The molecule has 4 aliphatic rings. The second kappa shape index (κ2) is 12.6. The summed E-state index contributed by atoms with van der Waals surface area (Å²) >= 11 is 0. The Bertz CT molecular complexity index is 819. The number of esters is 1. The summed E-state index contributed by atoms with van der Waals surface area (Å²) in [5, 5.41) is 14.4. The maximum atomic E-state index is 12.9. The van der Waals surface area contributed by atoms with E-state index in [2.05, 4.69) is 26.1 Å². The SMILES string of the molecule is CCOC(=O)[C@H](CCCCN)NC(=O)CCC(C)C1CCC2[C@H]3C(CC[C@]12C)[C@@]1(C)CCCC[C@H]1C[C@H]3O. The molecule has 0 aromatic heterocycles. The van der Waals surface area contributed by atoms with Crippen LogP contribution in [0.15, 0.2) is 0 Å². The number of hydrogen-bond acceptors (Lipinski definition) is 5. The van der Waals surface area contributed by atoms with Gasteiger partial charge < -0.3 is 20.9 Å². The van der Waals surface area contributed by atoms with E-state index < -0.39 is 6.04 Å². The third-order valence-electron chi connectivity index (χ3n) is 12.0. The number of aliphatic hydroxyl groups excluding tert-OH is 1. The molecule has 6 nitrogen and oxygen atoms in total. The molecule has 4 unspecified atom stereocenters. The van der Waals surface area contributed by atoms with Gasteiger partial charge in [-0.25, -0.2) is 4.79 Å². The quantitative estimate of drug-likeness (QED) is 0.237. The van der Waals surface area contributed by atoms with Crippen LogP contribution < -0.4 is 11.1 Å². The lowest BCUT2D eigenvalue weighted by molar-refractivity contribution is -0.164. The molecule has 10 atom stereocenters. The summed E-state index contributed by atoms with van der Waals surface area (Å²) in [5.74, 6) is 3.09. The van der Waals surface area contributed by atoms with Crippen molar-refractivity contribution in [2.45, 2.75) is 130 Å². The van der Waals surface area contributed by atoms with Crippen LogP contribution in [-0.4, -0.2) is 42.3 Å². The number of nitrogens with two attached hydrogens (primary N) is 1. The van der Waals surface area contributed by atoms with Crippen molar-refractivity contribution in [2.24, 2.45) is 52.1 Å². The number of aliphatic hydroxyl groups is 1. The zero-order chi connectivity index (χ0) is 27.5. The van der Waals surface area contributed by atoms with Crippen LogP contribution in [0.1, 0.15) is 118 Å². The highest BCUT2D eigenvalue weighted by Gasteiger charge is 2.62. The molecule has 4 fully saturated rings. The molecule has 4 N–H and O–H groups in total. The third kappa shape index (κ3) is 5.82. The van der Waals surface area contributed by atoms with Gasteiger partial charge in [-0.3, -0.25) is 4.79 Å². The number of rotatable bonds is 11. The lowest BCUT2D eigenvalue weighted by Crippen LogP contribution is -2.57. The van der Waals surface area contributed by atoms with Gasteiger partial charge in [0.2, 0.25) is 5.91 Å². The Morgan fingerprint density at radius 1 is 1.03 bits per heavy atom. The van der Waals surface area contributed by atoms with Crippen LogP contribution >= 0.6 is 0 Å². The number of fused-ring (bicyclic) bond motifs is 5. The Morgan fingerprint density at radius 2 is 1.79 bits per heavy atom. The fourth-order valence-corrected chi connectivity index (χ4v) is 10.0. The van der Waals surface area contributed by atoms with Gasteiger partial charge in [0.05, 0.1) is 12.7 Å². The number of nitrogens with one attached hydrogen (secondary N) is 1. The van der Waals surface area contributed by atoms with Gasteiger partial charge in [0.25, 0.3) is 0 Å². The molecule has 1 amide bonds. The highest BCUT2D eigenvalue weighted by molar-refractivity contribution is 5.84. The van der Waals surface area contributed by atoms with Crippen molar-refractivity contribution in [1.82, 2.24) is 5.32 Å². The second-order valence-electron chi connectivity index (χ2n) is 13.9. The summed E-state index contributed by atoms with van der Waals surface area (Å²) in [6.45, 7) is 10.1. The first-order valence-corrected chi connectivity index (χ1v) is 16.0. The molecule has 0 radical (unpaired) electrons. The first-order chi connectivity index (χ1) is 18.2. The van der Waals surface area contributed by atoms with E-state index in [4.69, 9.17) is 10.5 Å². The van der Waals surface area contributed by atoms with E-state index >= 15 is 0 Å². The highest BCUT2D eigenvalue weighted by atomic mass is 16.5. The van der Waals surface area contributed by atoms with Crippen LogP contribution in [-0.2, 0) is 14.3 Å². The Kier molecular flexibility index (Phi) is 9.88. The number of amides is 1. The van der Waals surface area contributed by atoms with Gasteiger partial charge in [-0.1, -0.05) is 33.6 Å². The van der Waals surface area contributed by atoms with E-state index in [-0.39, 0.29) is 23.4 Å². The molecule has 4 aliphatic carbocycles. The summed E-state index contributed by atoms with van der Waals surface area (Å²) in [7, 11) is 0. The molecule has 4 saturated carbocycles. The van der Waals surface area contributed by atoms with Crippen LogP contribution in [0.5, 0.6) is 0 Å². The topological polar surface area (TPSA) is 102 Å². The number of hydrogen-bond donors (Lipinski definition) is 3. The monoisotopic (exact) mass is 532 g/mol. The normalized spacial score (nSPS) is 39.8. The first-order valence-electron chi connectivity index (χ1n) is 16.0. The average molecular weight is 533 g/mol. The van der Waals surface area contributed by atoms with Crippen molar-refractivity contribution in [2.75, 3.05) is 13.2 Å². The standard InChI is InChI=1S/C32H56N2O4/c1-5-38-30(37)26(11-7-9-19-33)34-28(36)15-12-21(2)23-13-14-24-29-25(16-18-32(23,24)4)31(3)17-8-6-10-22(31)20-27(29)35/h21-27,29,35H,5-20,33H2,1-4H3,(H,34,36)/t21?,22-,23?,24?,25?,26-,27+,29-,31-,32+/m0/s1. The third-order valence-corrected chi connectivity index (χ3v) is 12.0. The van der Waals surface area contributed by atoms with E-state index in [1.54, 1.807) is 6.92 Å². The highest BCUT2D eigenvalue weighted by Crippen LogP contribution is 2.68. The van der Waals surface area contributed by atoms with Crippen LogP contribution in [0.4, 0.5) is 0 Å². The predicted octanol–water partition coefficient (Wildman–Crippen LogP) is 5.60. The lowest BCUT2D eigenvalue weighted by atomic mass is 9.44. The molecular formula is C32H56N2O4. The second-order valence-corrected chi connectivity index (χ2v) is 13.9. The van der Waals surface area contributed by atoms with Crippen molar-refractivity contribution in [1.29, 1.82) is 0 Å². The molecule has 0 bridgehead atoms. The fraction of sp³-hybridized carbons (Fsp3) is 0.938. The van der Waals surface area contributed by atoms with Crippen LogP contribution in [0, 0.1) is 46.3 Å². The minimum Gasteiger partial charge on any atom is -0.464 e. The van der Waals surface area contributed by atoms with E-state index in [9.17, 15) is 14.7 Å². The maximum absolute atomic E-state index is 12.9. The van der Waals surface area contributed by atoms with Crippen LogP contribution in [0.2, 0.25) is 0 Å². The van der Waals surface area contributed by atoms with E-state index in [1.807, 2.05) is 0 Å². The summed E-state index contributed by atoms with van der Waals surface area (Å²) in [4.78, 5) is 25.3. The number of ether oxygens (including phenoxy) is 1. The van der Waals surface area contributed by atoms with E-state index in [1.165, 1.54) is 51.4 Å². The maximum Gasteiger partial charge on any atom is 0.328 e. The molecule has 0 saturated heterocycles. The van der Waals surface area contributed by atoms with E-state index in [0.29, 0.717) is 66.9 Å². The number of carbonyl (C=O) groups is 2. The van der Waals surface area contributed by atoms with E-state index in [0.717, 1.165) is 25.7 Å². The molecule has 0 aromatic carbocycles. The first kappa shape index (κ1) is 29.8. The molecule has 4 rings (SSSR count). The fourth-order valence-electron chi connectivity index (χ4n) is 10.0. The van der Waals surface area contributed by atoms with Crippen molar-refractivity contribution in [3.63, 3.8) is 0 Å². The van der Waals surface area contributed by atoms with Crippen LogP contribution in [0.3, 0.4) is 0 Å². The summed E-state index contributed by atoms with van der Waals surface area (Å²) < 4.78 is 5.20. The zero-order valence-electron chi connectivity index (χ0n) is 24.7. The number of unbranched alkanes of at least 4 members (excludes halogenated alkanes) is 1. The molecule has 38 heavy (non-hydrogen) atoms.